The molecule has 1 amide bonds. The number of carbonyl (C=O) groups is 1. The van der Waals surface area contributed by atoms with E-state index in [1.54, 1.807) is 12.1 Å². The topological polar surface area (TPSA) is 64.4 Å². The summed E-state index contributed by atoms with van der Waals surface area (Å²) in [5.74, 6) is -0.0474. The molecule has 8 heteroatoms. The van der Waals surface area contributed by atoms with Gasteiger partial charge in [0.2, 0.25) is 5.84 Å². The van der Waals surface area contributed by atoms with Crippen LogP contribution in [0.5, 0.6) is 5.75 Å². The molecule has 5 nitrogen and oxygen atoms in total. The molecule has 0 saturated heterocycles. The van der Waals surface area contributed by atoms with Gasteiger partial charge in [-0.1, -0.05) is 34.8 Å². The van der Waals surface area contributed by atoms with Crippen molar-refractivity contribution < 1.29 is 14.5 Å². The second kappa shape index (κ2) is 7.95. The van der Waals surface area contributed by atoms with Crippen LogP contribution in [0.15, 0.2) is 30.3 Å². The molecular weight excluding hydrogens is 385 g/mol. The van der Waals surface area contributed by atoms with Gasteiger partial charge in [0.25, 0.3) is 5.91 Å². The number of halogens is 3. The molecule has 0 atom stereocenters. The number of carbonyl (C=O) groups excluding carboxylic acids is 1. The highest BCUT2D eigenvalue weighted by molar-refractivity contribution is 6.46. The number of hydrogen-bond donors (Lipinski definition) is 3. The third-order valence-electron chi connectivity index (χ3n) is 3.51. The van der Waals surface area contributed by atoms with E-state index in [0.717, 1.165) is 11.5 Å². The summed E-state index contributed by atoms with van der Waals surface area (Å²) >= 11 is 17.8. The van der Waals surface area contributed by atoms with E-state index in [2.05, 4.69) is 10.6 Å². The molecule has 0 radical (unpaired) electrons. The van der Waals surface area contributed by atoms with E-state index >= 15 is 0 Å². The van der Waals surface area contributed by atoms with Crippen LogP contribution in [0.1, 0.15) is 17.3 Å². The van der Waals surface area contributed by atoms with Crippen molar-refractivity contribution >= 4 is 57.9 Å². The summed E-state index contributed by atoms with van der Waals surface area (Å²) in [4.78, 5) is 12.4. The summed E-state index contributed by atoms with van der Waals surface area (Å²) in [6.07, 6.45) is 0. The Balaban J connectivity index is 2.21. The fraction of sp³-hybridized carbons (Fsp3) is 0.176. The number of rotatable bonds is 3. The van der Waals surface area contributed by atoms with Crippen LogP contribution in [-0.2, 0) is 0 Å². The quantitative estimate of drug-likeness (QED) is 0.302. The largest absolute Gasteiger partial charge is 0.505 e. The number of nitrogens with one attached hydrogen (secondary N) is 2. The standard InChI is InChI=1S/C17H16Cl3N3O2/c1-9(23(2)3)21-10-4-6-11(7-5-10)22-17(25)14-15(20)12(18)8-13(19)16(14)24/h4-8H,1-3H3,(H2,22,24,25)/p+1. The normalized spacial score (nSPS) is 10.3. The molecule has 0 bridgehead atoms. The molecule has 0 saturated carbocycles. The molecule has 0 aliphatic heterocycles. The molecule has 132 valence electrons. The number of amides is 1. The minimum atomic E-state index is -0.608. The highest BCUT2D eigenvalue weighted by atomic mass is 35.5. The first-order valence-electron chi connectivity index (χ1n) is 7.26. The number of aromatic hydroxyl groups is 1. The molecule has 0 unspecified atom stereocenters. The number of phenolic OH excluding ortho intramolecular Hbond substituents is 1. The van der Waals surface area contributed by atoms with Crippen molar-refractivity contribution in [1.29, 1.82) is 0 Å². The molecule has 0 heterocycles. The van der Waals surface area contributed by atoms with Crippen molar-refractivity contribution in [2.24, 2.45) is 0 Å². The van der Waals surface area contributed by atoms with Gasteiger partial charge in [0.1, 0.15) is 17.0 Å². The van der Waals surface area contributed by atoms with E-state index in [1.165, 1.54) is 6.07 Å². The molecule has 3 N–H and O–H groups in total. The average molecular weight is 402 g/mol. The van der Waals surface area contributed by atoms with Crippen LogP contribution in [0, 0.1) is 0 Å². The first-order chi connectivity index (χ1) is 11.7. The molecule has 2 aromatic carbocycles. The molecule has 0 aromatic heterocycles. The Kier molecular flexibility index (Phi) is 6.16. The van der Waals surface area contributed by atoms with Crippen molar-refractivity contribution in [3.63, 3.8) is 0 Å². The van der Waals surface area contributed by atoms with Crippen LogP contribution >= 0.6 is 34.8 Å². The fourth-order valence-electron chi connectivity index (χ4n) is 1.94. The van der Waals surface area contributed by atoms with Crippen molar-refractivity contribution in [2.75, 3.05) is 24.7 Å². The van der Waals surface area contributed by atoms with Gasteiger partial charge >= 0.3 is 0 Å². The fourth-order valence-corrected chi connectivity index (χ4v) is 2.64. The second-order valence-electron chi connectivity index (χ2n) is 5.51. The van der Waals surface area contributed by atoms with Gasteiger partial charge in [0, 0.05) is 12.6 Å². The molecule has 0 aliphatic carbocycles. The minimum Gasteiger partial charge on any atom is -0.505 e. The minimum absolute atomic E-state index is 0.0474. The maximum Gasteiger partial charge on any atom is 0.261 e. The monoisotopic (exact) mass is 400 g/mol. The average Bonchev–Trinajstić information content (AvgIpc) is 2.55. The molecule has 0 aliphatic rings. The Morgan fingerprint density at radius 1 is 1.00 bits per heavy atom. The third-order valence-corrected chi connectivity index (χ3v) is 4.59. The highest BCUT2D eigenvalue weighted by Gasteiger charge is 2.21. The summed E-state index contributed by atoms with van der Waals surface area (Å²) in [5.41, 5.74) is 1.23. The van der Waals surface area contributed by atoms with Crippen molar-refractivity contribution in [3.8, 4) is 5.75 Å². The summed E-state index contributed by atoms with van der Waals surface area (Å²) in [6, 6.07) is 8.35. The number of phenols is 1. The summed E-state index contributed by atoms with van der Waals surface area (Å²) in [5, 5.41) is 15.8. The molecule has 0 spiro atoms. The number of amidine groups is 1. The van der Waals surface area contributed by atoms with Gasteiger partial charge in [0.15, 0.2) is 0 Å². The number of anilines is 2. The molecule has 0 fully saturated rings. The first-order valence-corrected chi connectivity index (χ1v) is 8.40. The summed E-state index contributed by atoms with van der Waals surface area (Å²) in [6.45, 7) is 1.95. The smallest absolute Gasteiger partial charge is 0.261 e. The molecule has 25 heavy (non-hydrogen) atoms. The zero-order chi connectivity index (χ0) is 18.7. The number of nitrogens with zero attached hydrogens (tertiary/aromatic N) is 1. The van der Waals surface area contributed by atoms with E-state index < -0.39 is 11.7 Å². The first kappa shape index (κ1) is 19.4. The van der Waals surface area contributed by atoms with E-state index in [9.17, 15) is 9.90 Å². The van der Waals surface area contributed by atoms with Gasteiger partial charge in [0.05, 0.1) is 29.2 Å². The Morgan fingerprint density at radius 3 is 2.04 bits per heavy atom. The zero-order valence-electron chi connectivity index (χ0n) is 13.8. The summed E-state index contributed by atoms with van der Waals surface area (Å²) in [7, 11) is 3.87. The van der Waals surface area contributed by atoms with Crippen LogP contribution in [0.25, 0.3) is 0 Å². The van der Waals surface area contributed by atoms with Crippen molar-refractivity contribution in [2.45, 2.75) is 6.92 Å². The van der Waals surface area contributed by atoms with Crippen LogP contribution in [-0.4, -0.2) is 35.5 Å². The Hall–Kier alpha value is -1.95. The lowest BCUT2D eigenvalue weighted by Gasteiger charge is -2.11. The van der Waals surface area contributed by atoms with E-state index in [1.807, 2.05) is 37.7 Å². The van der Waals surface area contributed by atoms with Crippen molar-refractivity contribution in [1.82, 2.24) is 0 Å². The Bertz CT molecular complexity index is 819. The molecule has 2 rings (SSSR count). The van der Waals surface area contributed by atoms with E-state index in [0.29, 0.717) is 5.69 Å². The molecule has 2 aromatic rings. The zero-order valence-corrected chi connectivity index (χ0v) is 16.1. The van der Waals surface area contributed by atoms with Crippen LogP contribution in [0.2, 0.25) is 15.1 Å². The van der Waals surface area contributed by atoms with Gasteiger partial charge in [-0.05, 0) is 30.3 Å². The highest BCUT2D eigenvalue weighted by Crippen LogP contribution is 2.38. The van der Waals surface area contributed by atoms with Gasteiger partial charge in [-0.15, -0.1) is 0 Å². The van der Waals surface area contributed by atoms with Crippen LogP contribution in [0.4, 0.5) is 11.4 Å². The van der Waals surface area contributed by atoms with E-state index in [-0.39, 0.29) is 20.6 Å². The number of benzene rings is 2. The Morgan fingerprint density at radius 2 is 1.52 bits per heavy atom. The van der Waals surface area contributed by atoms with Gasteiger partial charge in [-0.3, -0.25) is 9.37 Å². The lowest BCUT2D eigenvalue weighted by Crippen LogP contribution is -2.18. The second-order valence-corrected chi connectivity index (χ2v) is 6.71. The predicted molar refractivity (Wildman–Crippen MR) is 104 cm³/mol. The molecular formula is C17H17Cl3N3O2+. The van der Waals surface area contributed by atoms with Gasteiger partial charge in [-0.25, -0.2) is 5.32 Å². The van der Waals surface area contributed by atoms with Gasteiger partial charge in [-0.2, -0.15) is 0 Å². The Labute approximate surface area is 160 Å². The maximum atomic E-state index is 12.4. The third kappa shape index (κ3) is 4.57. The lowest BCUT2D eigenvalue weighted by molar-refractivity contribution is -0.464. The number of hydrogen-bond acceptors (Lipinski definition) is 2. The van der Waals surface area contributed by atoms with Crippen molar-refractivity contribution in [3.05, 3.63) is 51.0 Å². The van der Waals surface area contributed by atoms with Crippen LogP contribution in [0.3, 0.4) is 0 Å². The predicted octanol–water partition coefficient (Wildman–Crippen LogP) is 4.71. The van der Waals surface area contributed by atoms with Crippen LogP contribution < -0.4 is 10.6 Å². The lowest BCUT2D eigenvalue weighted by atomic mass is 10.1. The van der Waals surface area contributed by atoms with E-state index in [4.69, 9.17) is 34.8 Å². The maximum absolute atomic E-state index is 12.4. The SMILES string of the molecule is CC(Nc1ccc(NC(=O)c2c(O)c(Cl)cc(Cl)c2Cl)cc1)=[N+](C)C. The van der Waals surface area contributed by atoms with Gasteiger partial charge < -0.3 is 10.4 Å². The summed E-state index contributed by atoms with van der Waals surface area (Å²) < 4.78 is 1.95.